The first kappa shape index (κ1) is 16.8. The first-order chi connectivity index (χ1) is 10.4. The Morgan fingerprint density at radius 3 is 2.82 bits per heavy atom. The molecule has 0 saturated heterocycles. The van der Waals surface area contributed by atoms with Gasteiger partial charge in [-0.05, 0) is 23.8 Å². The lowest BCUT2D eigenvalue weighted by Crippen LogP contribution is -2.04. The number of hydrogen-bond acceptors (Lipinski definition) is 5. The molecular formula is C14H15F3N2O2S. The summed E-state index contributed by atoms with van der Waals surface area (Å²) in [6.07, 6.45) is -4.40. The highest BCUT2D eigenvalue weighted by molar-refractivity contribution is 7.98. The Bertz CT molecular complexity index is 616. The monoisotopic (exact) mass is 332 g/mol. The van der Waals surface area contributed by atoms with E-state index in [9.17, 15) is 13.2 Å². The standard InChI is InChI=1S/C14H15F3N2O2S/c1-9(6-20)7-22-8-12-18-13(19-21-12)10-3-2-4-11(5-10)14(15,16)17/h2-5,9,20H,6-8H2,1H3. The molecule has 4 nitrogen and oxygen atoms in total. The lowest BCUT2D eigenvalue weighted by Gasteiger charge is -2.06. The van der Waals surface area contributed by atoms with Crippen LogP contribution in [0.3, 0.4) is 0 Å². The Morgan fingerprint density at radius 1 is 1.36 bits per heavy atom. The number of thioether (sulfide) groups is 1. The van der Waals surface area contributed by atoms with Crippen molar-refractivity contribution in [3.05, 3.63) is 35.7 Å². The van der Waals surface area contributed by atoms with E-state index in [-0.39, 0.29) is 23.9 Å². The van der Waals surface area contributed by atoms with E-state index in [1.54, 1.807) is 0 Å². The van der Waals surface area contributed by atoms with Crippen molar-refractivity contribution in [3.8, 4) is 11.4 Å². The van der Waals surface area contributed by atoms with Crippen LogP contribution in [0.15, 0.2) is 28.8 Å². The van der Waals surface area contributed by atoms with Crippen LogP contribution >= 0.6 is 11.8 Å². The second kappa shape index (κ2) is 7.15. The molecule has 2 aromatic rings. The van der Waals surface area contributed by atoms with Gasteiger partial charge in [-0.15, -0.1) is 0 Å². The van der Waals surface area contributed by atoms with Crippen molar-refractivity contribution in [2.45, 2.75) is 18.9 Å². The maximum absolute atomic E-state index is 12.7. The molecule has 0 fully saturated rings. The van der Waals surface area contributed by atoms with Crippen LogP contribution in [0.5, 0.6) is 0 Å². The van der Waals surface area contributed by atoms with Crippen LogP contribution in [0.2, 0.25) is 0 Å². The highest BCUT2D eigenvalue weighted by atomic mass is 32.2. The molecule has 1 N–H and O–H groups in total. The van der Waals surface area contributed by atoms with E-state index in [2.05, 4.69) is 10.1 Å². The molecule has 1 aromatic heterocycles. The van der Waals surface area contributed by atoms with Crippen LogP contribution in [0.1, 0.15) is 18.4 Å². The average Bonchev–Trinajstić information content (AvgIpc) is 2.95. The maximum Gasteiger partial charge on any atom is 0.416 e. The van der Waals surface area contributed by atoms with Gasteiger partial charge in [0, 0.05) is 12.2 Å². The van der Waals surface area contributed by atoms with Crippen molar-refractivity contribution in [3.63, 3.8) is 0 Å². The zero-order valence-corrected chi connectivity index (χ0v) is 12.6. The minimum Gasteiger partial charge on any atom is -0.396 e. The number of hydrogen-bond donors (Lipinski definition) is 1. The van der Waals surface area contributed by atoms with Gasteiger partial charge < -0.3 is 9.63 Å². The number of alkyl halides is 3. The van der Waals surface area contributed by atoms with E-state index in [4.69, 9.17) is 9.63 Å². The minimum absolute atomic E-state index is 0.103. The molecule has 22 heavy (non-hydrogen) atoms. The van der Waals surface area contributed by atoms with Gasteiger partial charge in [-0.1, -0.05) is 24.2 Å². The Labute approximate surface area is 129 Å². The fourth-order valence-corrected chi connectivity index (χ4v) is 2.58. The summed E-state index contributed by atoms with van der Waals surface area (Å²) in [4.78, 5) is 4.10. The van der Waals surface area contributed by atoms with Crippen LogP contribution < -0.4 is 0 Å². The van der Waals surface area contributed by atoms with Crippen LogP contribution in [-0.4, -0.2) is 27.6 Å². The minimum atomic E-state index is -4.40. The van der Waals surface area contributed by atoms with E-state index in [1.807, 2.05) is 6.92 Å². The molecule has 1 aromatic carbocycles. The third kappa shape index (κ3) is 4.48. The van der Waals surface area contributed by atoms with Gasteiger partial charge in [-0.25, -0.2) is 0 Å². The molecule has 0 aliphatic carbocycles. The van der Waals surface area contributed by atoms with Crippen molar-refractivity contribution in [1.29, 1.82) is 0 Å². The van der Waals surface area contributed by atoms with E-state index < -0.39 is 11.7 Å². The molecule has 1 heterocycles. The number of aliphatic hydroxyl groups excluding tert-OH is 1. The third-order valence-corrected chi connectivity index (χ3v) is 4.11. The summed E-state index contributed by atoms with van der Waals surface area (Å²) < 4.78 is 43.1. The number of aromatic nitrogens is 2. The van der Waals surface area contributed by atoms with Crippen LogP contribution in [0, 0.1) is 5.92 Å². The Kier molecular flexibility index (Phi) is 5.47. The van der Waals surface area contributed by atoms with E-state index in [0.29, 0.717) is 11.6 Å². The second-order valence-electron chi connectivity index (χ2n) is 4.89. The molecule has 0 radical (unpaired) electrons. The average molecular weight is 332 g/mol. The second-order valence-corrected chi connectivity index (χ2v) is 5.92. The van der Waals surface area contributed by atoms with Crippen molar-refractivity contribution in [2.24, 2.45) is 5.92 Å². The number of rotatable bonds is 6. The van der Waals surface area contributed by atoms with E-state index in [1.165, 1.54) is 23.9 Å². The summed E-state index contributed by atoms with van der Waals surface area (Å²) in [5, 5.41) is 12.6. The fraction of sp³-hybridized carbons (Fsp3) is 0.429. The summed E-state index contributed by atoms with van der Waals surface area (Å²) in [6.45, 7) is 2.02. The molecule has 8 heteroatoms. The van der Waals surface area contributed by atoms with Crippen LogP contribution in [-0.2, 0) is 11.9 Å². The van der Waals surface area contributed by atoms with Crippen molar-refractivity contribution in [2.75, 3.05) is 12.4 Å². The summed E-state index contributed by atoms with van der Waals surface area (Å²) in [5.41, 5.74) is -0.485. The molecule has 0 aliphatic heterocycles. The Balaban J connectivity index is 2.05. The highest BCUT2D eigenvalue weighted by Crippen LogP contribution is 2.31. The predicted octanol–water partition coefficient (Wildman–Crippen LogP) is 3.62. The first-order valence-corrected chi connectivity index (χ1v) is 7.74. The molecule has 1 unspecified atom stereocenters. The zero-order chi connectivity index (χ0) is 16.2. The maximum atomic E-state index is 12.7. The molecular weight excluding hydrogens is 317 g/mol. The van der Waals surface area contributed by atoms with Gasteiger partial charge in [0.25, 0.3) is 0 Å². The molecule has 0 amide bonds. The SMILES string of the molecule is CC(CO)CSCc1nc(-c2cccc(C(F)(F)F)c2)no1. The molecule has 2 rings (SSSR count). The fourth-order valence-electron chi connectivity index (χ4n) is 1.67. The molecule has 120 valence electrons. The van der Waals surface area contributed by atoms with Gasteiger partial charge in [0.2, 0.25) is 11.7 Å². The molecule has 0 bridgehead atoms. The highest BCUT2D eigenvalue weighted by Gasteiger charge is 2.30. The van der Waals surface area contributed by atoms with Gasteiger partial charge in [-0.2, -0.15) is 29.9 Å². The summed E-state index contributed by atoms with van der Waals surface area (Å²) in [7, 11) is 0. The van der Waals surface area contributed by atoms with Gasteiger partial charge in [0.05, 0.1) is 11.3 Å². The molecule has 0 spiro atoms. The topological polar surface area (TPSA) is 59.2 Å². The predicted molar refractivity (Wildman–Crippen MR) is 77.1 cm³/mol. The Hall–Kier alpha value is -1.54. The van der Waals surface area contributed by atoms with E-state index >= 15 is 0 Å². The van der Waals surface area contributed by atoms with Gasteiger partial charge in [0.15, 0.2) is 0 Å². The normalized spacial score (nSPS) is 13.3. The van der Waals surface area contributed by atoms with Crippen molar-refractivity contribution < 1.29 is 22.8 Å². The smallest absolute Gasteiger partial charge is 0.396 e. The molecule has 1 atom stereocenters. The Morgan fingerprint density at radius 2 is 2.14 bits per heavy atom. The number of nitrogens with zero attached hydrogens (tertiary/aromatic N) is 2. The lowest BCUT2D eigenvalue weighted by atomic mass is 10.1. The molecule has 0 saturated carbocycles. The van der Waals surface area contributed by atoms with Gasteiger partial charge in [-0.3, -0.25) is 0 Å². The zero-order valence-electron chi connectivity index (χ0n) is 11.8. The summed E-state index contributed by atoms with van der Waals surface area (Å²) in [6, 6.07) is 4.81. The van der Waals surface area contributed by atoms with Crippen molar-refractivity contribution >= 4 is 11.8 Å². The first-order valence-electron chi connectivity index (χ1n) is 6.59. The van der Waals surface area contributed by atoms with Crippen LogP contribution in [0.4, 0.5) is 13.2 Å². The van der Waals surface area contributed by atoms with Gasteiger partial charge in [0.1, 0.15) is 0 Å². The lowest BCUT2D eigenvalue weighted by molar-refractivity contribution is -0.137. The molecule has 0 aliphatic rings. The van der Waals surface area contributed by atoms with Crippen molar-refractivity contribution in [1.82, 2.24) is 10.1 Å². The van der Waals surface area contributed by atoms with E-state index in [0.717, 1.165) is 17.9 Å². The number of aliphatic hydroxyl groups is 1. The van der Waals surface area contributed by atoms with Gasteiger partial charge >= 0.3 is 6.18 Å². The number of halogens is 3. The summed E-state index contributed by atoms with van der Waals surface area (Å²) in [5.74, 6) is 1.84. The summed E-state index contributed by atoms with van der Waals surface area (Å²) >= 11 is 1.52. The number of benzene rings is 1. The third-order valence-electron chi connectivity index (χ3n) is 2.86. The largest absolute Gasteiger partial charge is 0.416 e. The van der Waals surface area contributed by atoms with Crippen LogP contribution in [0.25, 0.3) is 11.4 Å². The quantitative estimate of drug-likeness (QED) is 0.875.